The molecule has 0 fully saturated rings. The summed E-state index contributed by atoms with van der Waals surface area (Å²) < 4.78 is 1.74. The van der Waals surface area contributed by atoms with Crippen molar-refractivity contribution in [2.45, 2.75) is 6.54 Å². The molecule has 0 saturated carbocycles. The summed E-state index contributed by atoms with van der Waals surface area (Å²) in [5, 5.41) is 2.74. The van der Waals surface area contributed by atoms with Gasteiger partial charge in [-0.2, -0.15) is 0 Å². The second-order valence-corrected chi connectivity index (χ2v) is 5.97. The first kappa shape index (κ1) is 16.6. The van der Waals surface area contributed by atoms with Crippen LogP contribution in [0, 0.1) is 0 Å². The Labute approximate surface area is 154 Å². The lowest BCUT2D eigenvalue weighted by atomic mass is 10.1. The largest absolute Gasteiger partial charge is 0.350 e. The number of fused-ring (bicyclic) bond motifs is 1. The Morgan fingerprint density at radius 3 is 2.41 bits per heavy atom. The van der Waals surface area contributed by atoms with E-state index < -0.39 is 17.7 Å². The molecular formula is C19H15N5O3. The van der Waals surface area contributed by atoms with Crippen LogP contribution in [-0.2, 0) is 11.3 Å². The molecule has 0 atom stereocenters. The van der Waals surface area contributed by atoms with Crippen molar-refractivity contribution in [2.24, 2.45) is 0 Å². The van der Waals surface area contributed by atoms with Crippen LogP contribution in [0.2, 0.25) is 0 Å². The molecule has 0 radical (unpaired) electrons. The molecule has 27 heavy (non-hydrogen) atoms. The van der Waals surface area contributed by atoms with Gasteiger partial charge >= 0.3 is 0 Å². The lowest BCUT2D eigenvalue weighted by Gasteiger charge is -2.14. The van der Waals surface area contributed by atoms with Crippen LogP contribution in [0.3, 0.4) is 0 Å². The molecule has 0 spiro atoms. The third kappa shape index (κ3) is 3.08. The fourth-order valence-corrected chi connectivity index (χ4v) is 2.96. The Hall–Kier alpha value is -3.81. The summed E-state index contributed by atoms with van der Waals surface area (Å²) in [4.78, 5) is 46.2. The first-order valence-electron chi connectivity index (χ1n) is 8.29. The van der Waals surface area contributed by atoms with Gasteiger partial charge in [0.05, 0.1) is 11.1 Å². The van der Waals surface area contributed by atoms with E-state index >= 15 is 0 Å². The molecular weight excluding hydrogens is 346 g/mol. The minimum absolute atomic E-state index is 0.212. The minimum atomic E-state index is -0.453. The van der Waals surface area contributed by atoms with Gasteiger partial charge in [0.15, 0.2) is 0 Å². The second-order valence-electron chi connectivity index (χ2n) is 5.97. The predicted octanol–water partition coefficient (Wildman–Crippen LogP) is 1.18. The monoisotopic (exact) mass is 361 g/mol. The number of hydrogen-bond acceptors (Lipinski definition) is 5. The number of imidazole rings is 1. The van der Waals surface area contributed by atoms with Gasteiger partial charge in [0, 0.05) is 30.7 Å². The molecule has 134 valence electrons. The quantitative estimate of drug-likeness (QED) is 0.688. The Kier molecular flexibility index (Phi) is 4.21. The second kappa shape index (κ2) is 6.83. The van der Waals surface area contributed by atoms with Crippen molar-refractivity contribution in [2.75, 3.05) is 6.54 Å². The fourth-order valence-electron chi connectivity index (χ4n) is 2.96. The number of hydrogen-bond donors (Lipinski definition) is 1. The standard InChI is InChI=1S/C19H15N5O3/c25-16(11-24-18(26)14-5-1-2-6-15(14)19(24)27)22-10-13-4-3-7-21-17(13)23-9-8-20-12-23/h1-9,12H,10-11H2,(H,22,25). The maximum absolute atomic E-state index is 12.3. The van der Waals surface area contributed by atoms with Crippen molar-refractivity contribution >= 4 is 17.7 Å². The number of benzene rings is 1. The van der Waals surface area contributed by atoms with Gasteiger partial charge < -0.3 is 5.32 Å². The lowest BCUT2D eigenvalue weighted by Crippen LogP contribution is -2.40. The highest BCUT2D eigenvalue weighted by Crippen LogP contribution is 2.22. The van der Waals surface area contributed by atoms with E-state index in [0.717, 1.165) is 10.5 Å². The molecule has 8 nitrogen and oxygen atoms in total. The van der Waals surface area contributed by atoms with Crippen LogP contribution < -0.4 is 5.32 Å². The third-order valence-electron chi connectivity index (χ3n) is 4.27. The van der Waals surface area contributed by atoms with Crippen LogP contribution in [0.25, 0.3) is 5.82 Å². The van der Waals surface area contributed by atoms with Gasteiger partial charge in [-0.15, -0.1) is 0 Å². The van der Waals surface area contributed by atoms with Crippen molar-refractivity contribution in [1.29, 1.82) is 0 Å². The van der Waals surface area contributed by atoms with E-state index in [-0.39, 0.29) is 13.1 Å². The van der Waals surface area contributed by atoms with Crippen LogP contribution >= 0.6 is 0 Å². The van der Waals surface area contributed by atoms with Gasteiger partial charge in [-0.05, 0) is 18.2 Å². The van der Waals surface area contributed by atoms with Crippen molar-refractivity contribution in [3.05, 3.63) is 78.0 Å². The summed E-state index contributed by atoms with van der Waals surface area (Å²) in [5.74, 6) is -0.682. The maximum Gasteiger partial charge on any atom is 0.262 e. The molecule has 1 N–H and O–H groups in total. The normalized spacial score (nSPS) is 13.0. The predicted molar refractivity (Wildman–Crippen MR) is 95.0 cm³/mol. The Morgan fingerprint density at radius 1 is 1.00 bits per heavy atom. The molecule has 0 unspecified atom stereocenters. The van der Waals surface area contributed by atoms with Gasteiger partial charge in [-0.25, -0.2) is 9.97 Å². The zero-order valence-electron chi connectivity index (χ0n) is 14.2. The summed E-state index contributed by atoms with van der Waals surface area (Å²) in [6.07, 6.45) is 6.66. The van der Waals surface area contributed by atoms with Crippen LogP contribution in [-0.4, -0.2) is 43.7 Å². The van der Waals surface area contributed by atoms with Crippen molar-refractivity contribution in [3.8, 4) is 5.82 Å². The Balaban J connectivity index is 1.43. The average molecular weight is 361 g/mol. The molecule has 1 aliphatic heterocycles. The van der Waals surface area contributed by atoms with Crippen molar-refractivity contribution < 1.29 is 14.4 Å². The van der Waals surface area contributed by atoms with Gasteiger partial charge in [0.1, 0.15) is 18.7 Å². The van der Waals surface area contributed by atoms with Crippen LogP contribution in [0.5, 0.6) is 0 Å². The zero-order chi connectivity index (χ0) is 18.8. The van der Waals surface area contributed by atoms with E-state index in [1.165, 1.54) is 0 Å². The maximum atomic E-state index is 12.3. The zero-order valence-corrected chi connectivity index (χ0v) is 14.2. The van der Waals surface area contributed by atoms with Crippen molar-refractivity contribution in [3.63, 3.8) is 0 Å². The molecule has 1 aliphatic rings. The highest BCUT2D eigenvalue weighted by molar-refractivity contribution is 6.22. The van der Waals surface area contributed by atoms with E-state index in [4.69, 9.17) is 0 Å². The number of amides is 3. The number of imide groups is 1. The molecule has 3 aromatic rings. The van der Waals surface area contributed by atoms with E-state index in [1.807, 2.05) is 6.07 Å². The summed E-state index contributed by atoms with van der Waals surface area (Å²) in [5.41, 5.74) is 1.43. The first-order chi connectivity index (χ1) is 13.1. The summed E-state index contributed by atoms with van der Waals surface area (Å²) in [7, 11) is 0. The van der Waals surface area contributed by atoms with Crippen LogP contribution in [0.15, 0.2) is 61.3 Å². The molecule has 8 heteroatoms. The SMILES string of the molecule is O=C(CN1C(=O)c2ccccc2C1=O)NCc1cccnc1-n1ccnc1. The van der Waals surface area contributed by atoms with E-state index in [0.29, 0.717) is 16.9 Å². The number of pyridine rings is 1. The van der Waals surface area contributed by atoms with Crippen LogP contribution in [0.1, 0.15) is 26.3 Å². The summed E-state index contributed by atoms with van der Waals surface area (Å²) in [6, 6.07) is 10.2. The molecule has 0 aliphatic carbocycles. The topological polar surface area (TPSA) is 97.2 Å². The van der Waals surface area contributed by atoms with E-state index in [1.54, 1.807) is 59.8 Å². The smallest absolute Gasteiger partial charge is 0.262 e. The van der Waals surface area contributed by atoms with Crippen LogP contribution in [0.4, 0.5) is 0 Å². The number of carbonyl (C=O) groups excluding carboxylic acids is 3. The summed E-state index contributed by atoms with van der Waals surface area (Å²) >= 11 is 0. The van der Waals surface area contributed by atoms with Gasteiger partial charge in [-0.3, -0.25) is 23.9 Å². The van der Waals surface area contributed by atoms with Gasteiger partial charge in [0.2, 0.25) is 5.91 Å². The molecule has 4 rings (SSSR count). The molecule has 3 amide bonds. The molecule has 1 aromatic carbocycles. The van der Waals surface area contributed by atoms with Crippen molar-refractivity contribution in [1.82, 2.24) is 24.8 Å². The molecule has 3 heterocycles. The number of rotatable bonds is 5. The highest BCUT2D eigenvalue weighted by Gasteiger charge is 2.36. The molecule has 0 bridgehead atoms. The number of carbonyl (C=O) groups is 3. The molecule has 0 saturated heterocycles. The number of nitrogens with one attached hydrogen (secondary N) is 1. The van der Waals surface area contributed by atoms with E-state index in [2.05, 4.69) is 15.3 Å². The Morgan fingerprint density at radius 2 is 1.74 bits per heavy atom. The number of aromatic nitrogens is 3. The van der Waals surface area contributed by atoms with E-state index in [9.17, 15) is 14.4 Å². The van der Waals surface area contributed by atoms with Gasteiger partial charge in [0.25, 0.3) is 11.8 Å². The highest BCUT2D eigenvalue weighted by atomic mass is 16.2. The minimum Gasteiger partial charge on any atom is -0.350 e. The first-order valence-corrected chi connectivity index (χ1v) is 8.29. The lowest BCUT2D eigenvalue weighted by molar-refractivity contribution is -0.121. The third-order valence-corrected chi connectivity index (χ3v) is 4.27. The fraction of sp³-hybridized carbons (Fsp3) is 0.105. The summed E-state index contributed by atoms with van der Waals surface area (Å²) in [6.45, 7) is -0.115. The molecule has 2 aromatic heterocycles. The van der Waals surface area contributed by atoms with Gasteiger partial charge in [-0.1, -0.05) is 18.2 Å². The average Bonchev–Trinajstić information content (AvgIpc) is 3.31. The Bertz CT molecular complexity index is 994. The number of nitrogens with zero attached hydrogens (tertiary/aromatic N) is 4.